The Morgan fingerprint density at radius 2 is 2.25 bits per heavy atom. The van der Waals surface area contributed by atoms with E-state index in [9.17, 15) is 0 Å². The Kier molecular flexibility index (Phi) is 3.50. The Labute approximate surface area is 105 Å². The highest BCUT2D eigenvalue weighted by molar-refractivity contribution is 9.10. The summed E-state index contributed by atoms with van der Waals surface area (Å²) < 4.78 is 1.11. The molecule has 84 valence electrons. The number of nitrogens with zero attached hydrogens (tertiary/aromatic N) is 1. The van der Waals surface area contributed by atoms with Crippen molar-refractivity contribution in [2.75, 3.05) is 5.32 Å². The number of nitriles is 1. The SMILES string of the molecule is Cc1ccc(NC2CCCC2C#N)cc1Br. The molecule has 0 bridgehead atoms. The second-order valence-corrected chi connectivity index (χ2v) is 5.24. The maximum Gasteiger partial charge on any atom is 0.0677 e. The minimum Gasteiger partial charge on any atom is -0.381 e. The van der Waals surface area contributed by atoms with Crippen molar-refractivity contribution in [2.24, 2.45) is 5.92 Å². The highest BCUT2D eigenvalue weighted by Crippen LogP contribution is 2.29. The third-order valence-electron chi connectivity index (χ3n) is 3.21. The summed E-state index contributed by atoms with van der Waals surface area (Å²) in [6.45, 7) is 2.07. The van der Waals surface area contributed by atoms with E-state index in [0.717, 1.165) is 29.4 Å². The standard InChI is InChI=1S/C13H15BrN2/c1-9-5-6-11(7-12(9)14)16-13-4-2-3-10(13)8-15/h5-7,10,13,16H,2-4H2,1H3. The highest BCUT2D eigenvalue weighted by Gasteiger charge is 2.26. The molecule has 0 heterocycles. The van der Waals surface area contributed by atoms with Crippen molar-refractivity contribution in [3.05, 3.63) is 28.2 Å². The van der Waals surface area contributed by atoms with Crippen LogP contribution in [-0.4, -0.2) is 6.04 Å². The van der Waals surface area contributed by atoms with Gasteiger partial charge < -0.3 is 5.32 Å². The van der Waals surface area contributed by atoms with E-state index < -0.39 is 0 Å². The third kappa shape index (κ3) is 2.38. The van der Waals surface area contributed by atoms with Crippen molar-refractivity contribution >= 4 is 21.6 Å². The Bertz CT molecular complexity index is 422. The molecular formula is C13H15BrN2. The molecule has 0 spiro atoms. The van der Waals surface area contributed by atoms with Gasteiger partial charge in [-0.3, -0.25) is 0 Å². The van der Waals surface area contributed by atoms with Crippen LogP contribution in [0.1, 0.15) is 24.8 Å². The summed E-state index contributed by atoms with van der Waals surface area (Å²) in [4.78, 5) is 0. The molecule has 2 unspecified atom stereocenters. The van der Waals surface area contributed by atoms with Gasteiger partial charge in [0.15, 0.2) is 0 Å². The normalized spacial score (nSPS) is 24.1. The first-order chi connectivity index (χ1) is 7.70. The molecule has 1 N–H and O–H groups in total. The van der Waals surface area contributed by atoms with E-state index in [1.165, 1.54) is 5.56 Å². The van der Waals surface area contributed by atoms with E-state index >= 15 is 0 Å². The fourth-order valence-electron chi connectivity index (χ4n) is 2.18. The molecule has 1 saturated carbocycles. The molecule has 2 atom stereocenters. The zero-order valence-corrected chi connectivity index (χ0v) is 10.9. The smallest absolute Gasteiger partial charge is 0.0677 e. The molecular weight excluding hydrogens is 264 g/mol. The molecule has 3 heteroatoms. The van der Waals surface area contributed by atoms with Gasteiger partial charge in [-0.25, -0.2) is 0 Å². The van der Waals surface area contributed by atoms with Crippen molar-refractivity contribution < 1.29 is 0 Å². The van der Waals surface area contributed by atoms with Crippen molar-refractivity contribution in [2.45, 2.75) is 32.2 Å². The van der Waals surface area contributed by atoms with Crippen LogP contribution in [0.15, 0.2) is 22.7 Å². The molecule has 16 heavy (non-hydrogen) atoms. The summed E-state index contributed by atoms with van der Waals surface area (Å²) in [5.41, 5.74) is 2.33. The molecule has 0 aliphatic heterocycles. The van der Waals surface area contributed by atoms with Gasteiger partial charge in [0.25, 0.3) is 0 Å². The first kappa shape index (κ1) is 11.5. The van der Waals surface area contributed by atoms with E-state index in [2.05, 4.69) is 52.4 Å². The molecule has 0 radical (unpaired) electrons. The number of hydrogen-bond donors (Lipinski definition) is 1. The van der Waals surface area contributed by atoms with Gasteiger partial charge >= 0.3 is 0 Å². The lowest BCUT2D eigenvalue weighted by Crippen LogP contribution is -2.22. The number of benzene rings is 1. The monoisotopic (exact) mass is 278 g/mol. The quantitative estimate of drug-likeness (QED) is 0.892. The molecule has 0 amide bonds. The van der Waals surface area contributed by atoms with Gasteiger partial charge in [-0.2, -0.15) is 5.26 Å². The molecule has 1 aromatic carbocycles. The predicted octanol–water partition coefficient (Wildman–Crippen LogP) is 3.86. The van der Waals surface area contributed by atoms with E-state index in [4.69, 9.17) is 5.26 Å². The Morgan fingerprint density at radius 3 is 2.94 bits per heavy atom. The second-order valence-electron chi connectivity index (χ2n) is 4.38. The molecule has 0 aromatic heterocycles. The number of hydrogen-bond acceptors (Lipinski definition) is 2. The number of nitrogens with one attached hydrogen (secondary N) is 1. The van der Waals surface area contributed by atoms with Gasteiger partial charge in [-0.1, -0.05) is 22.0 Å². The Balaban J connectivity index is 2.09. The van der Waals surface area contributed by atoms with Crippen LogP contribution in [0.2, 0.25) is 0 Å². The zero-order valence-electron chi connectivity index (χ0n) is 9.33. The molecule has 1 aliphatic carbocycles. The van der Waals surface area contributed by atoms with Crippen molar-refractivity contribution in [3.8, 4) is 6.07 Å². The molecule has 0 saturated heterocycles. The van der Waals surface area contributed by atoms with E-state index in [0.29, 0.717) is 6.04 Å². The maximum absolute atomic E-state index is 9.01. The molecule has 1 aliphatic rings. The van der Waals surface area contributed by atoms with Crippen LogP contribution < -0.4 is 5.32 Å². The van der Waals surface area contributed by atoms with Crippen molar-refractivity contribution in [1.29, 1.82) is 5.26 Å². The summed E-state index contributed by atoms with van der Waals surface area (Å²) in [6.07, 6.45) is 3.29. The maximum atomic E-state index is 9.01. The van der Waals surface area contributed by atoms with Crippen LogP contribution in [-0.2, 0) is 0 Å². The lowest BCUT2D eigenvalue weighted by atomic mass is 10.1. The van der Waals surface area contributed by atoms with Gasteiger partial charge in [-0.05, 0) is 43.9 Å². The predicted molar refractivity (Wildman–Crippen MR) is 69.2 cm³/mol. The first-order valence-corrected chi connectivity index (χ1v) is 6.42. The molecule has 2 rings (SSSR count). The summed E-state index contributed by atoms with van der Waals surface area (Å²) >= 11 is 3.52. The summed E-state index contributed by atoms with van der Waals surface area (Å²) in [5.74, 6) is 0.167. The van der Waals surface area contributed by atoms with Crippen LogP contribution in [0.5, 0.6) is 0 Å². The van der Waals surface area contributed by atoms with Crippen LogP contribution in [0.25, 0.3) is 0 Å². The van der Waals surface area contributed by atoms with Gasteiger partial charge in [0, 0.05) is 16.2 Å². The number of anilines is 1. The van der Waals surface area contributed by atoms with E-state index in [1.54, 1.807) is 0 Å². The van der Waals surface area contributed by atoms with Gasteiger partial charge in [0.1, 0.15) is 0 Å². The van der Waals surface area contributed by atoms with E-state index in [1.807, 2.05) is 0 Å². The van der Waals surface area contributed by atoms with Crippen LogP contribution in [0, 0.1) is 24.2 Å². The average molecular weight is 279 g/mol. The highest BCUT2D eigenvalue weighted by atomic mass is 79.9. The largest absolute Gasteiger partial charge is 0.381 e. The summed E-state index contributed by atoms with van der Waals surface area (Å²) in [7, 11) is 0. The second kappa shape index (κ2) is 4.88. The lowest BCUT2D eigenvalue weighted by molar-refractivity contribution is 0.630. The minimum absolute atomic E-state index is 0.167. The molecule has 2 nitrogen and oxygen atoms in total. The average Bonchev–Trinajstić information content (AvgIpc) is 2.71. The Morgan fingerprint density at radius 1 is 1.44 bits per heavy atom. The first-order valence-electron chi connectivity index (χ1n) is 5.63. The summed E-state index contributed by atoms with van der Waals surface area (Å²) in [6, 6.07) is 8.95. The fraction of sp³-hybridized carbons (Fsp3) is 0.462. The number of halogens is 1. The van der Waals surface area contributed by atoms with Crippen LogP contribution in [0.3, 0.4) is 0 Å². The molecule has 1 fully saturated rings. The molecule has 1 aromatic rings. The van der Waals surface area contributed by atoms with Gasteiger partial charge in [-0.15, -0.1) is 0 Å². The number of aryl methyl sites for hydroxylation is 1. The van der Waals surface area contributed by atoms with Gasteiger partial charge in [0.2, 0.25) is 0 Å². The lowest BCUT2D eigenvalue weighted by Gasteiger charge is -2.17. The summed E-state index contributed by atoms with van der Waals surface area (Å²) in [5, 5.41) is 12.5. The number of rotatable bonds is 2. The van der Waals surface area contributed by atoms with E-state index in [-0.39, 0.29) is 5.92 Å². The topological polar surface area (TPSA) is 35.8 Å². The fourth-order valence-corrected chi connectivity index (χ4v) is 2.56. The minimum atomic E-state index is 0.167. The zero-order chi connectivity index (χ0) is 11.5. The van der Waals surface area contributed by atoms with Crippen LogP contribution >= 0.6 is 15.9 Å². The van der Waals surface area contributed by atoms with Crippen molar-refractivity contribution in [3.63, 3.8) is 0 Å². The van der Waals surface area contributed by atoms with Crippen molar-refractivity contribution in [1.82, 2.24) is 0 Å². The third-order valence-corrected chi connectivity index (χ3v) is 4.06. The van der Waals surface area contributed by atoms with Gasteiger partial charge in [0.05, 0.1) is 12.0 Å². The Hall–Kier alpha value is -1.01. The van der Waals surface area contributed by atoms with Crippen LogP contribution in [0.4, 0.5) is 5.69 Å².